The number of amides is 1. The van der Waals surface area contributed by atoms with E-state index in [0.717, 1.165) is 39.1 Å². The number of rotatable bonds is 3. The van der Waals surface area contributed by atoms with Crippen LogP contribution in [0.4, 0.5) is 0 Å². The first kappa shape index (κ1) is 16.1. The molecule has 0 spiro atoms. The summed E-state index contributed by atoms with van der Waals surface area (Å²) in [5.41, 5.74) is 2.04. The van der Waals surface area contributed by atoms with Gasteiger partial charge in [0.25, 0.3) is 5.91 Å². The Balaban J connectivity index is 1.32. The van der Waals surface area contributed by atoms with Gasteiger partial charge in [-0.2, -0.15) is 0 Å². The molecule has 1 fully saturated rings. The fourth-order valence-electron chi connectivity index (χ4n) is 3.39. The van der Waals surface area contributed by atoms with Crippen LogP contribution in [0.1, 0.15) is 32.4 Å². The highest BCUT2D eigenvalue weighted by Crippen LogP contribution is 2.28. The third-order valence-electron chi connectivity index (χ3n) is 4.75. The lowest BCUT2D eigenvalue weighted by molar-refractivity contribution is 0.0628. The molecule has 2 aliphatic rings. The van der Waals surface area contributed by atoms with Crippen molar-refractivity contribution in [3.63, 3.8) is 0 Å². The number of halogens is 1. The van der Waals surface area contributed by atoms with Crippen LogP contribution in [0.5, 0.6) is 0 Å². The van der Waals surface area contributed by atoms with Crippen molar-refractivity contribution < 1.29 is 4.79 Å². The molecule has 6 heteroatoms. The Bertz CT molecular complexity index is 714. The molecular formula is C18H20ClN3OS. The Morgan fingerprint density at radius 1 is 1.12 bits per heavy atom. The summed E-state index contributed by atoms with van der Waals surface area (Å²) in [5.74, 6) is 0.0968. The molecule has 0 saturated carbocycles. The summed E-state index contributed by atoms with van der Waals surface area (Å²) < 4.78 is 0. The SMILES string of the molecule is O=C(c1ccc(Cl)cc1)N1CCN(Cc2nc3c(s2)CCC3)CC1. The van der Waals surface area contributed by atoms with Gasteiger partial charge in [-0.05, 0) is 43.5 Å². The molecule has 1 aromatic carbocycles. The van der Waals surface area contributed by atoms with Gasteiger partial charge in [-0.3, -0.25) is 9.69 Å². The first-order valence-corrected chi connectivity index (χ1v) is 9.63. The predicted octanol–water partition coefficient (Wildman–Crippen LogP) is 3.24. The second-order valence-electron chi connectivity index (χ2n) is 6.41. The normalized spacial score (nSPS) is 18.0. The predicted molar refractivity (Wildman–Crippen MR) is 96.8 cm³/mol. The van der Waals surface area contributed by atoms with Crippen LogP contribution in [-0.2, 0) is 19.4 Å². The highest BCUT2D eigenvalue weighted by Gasteiger charge is 2.24. The van der Waals surface area contributed by atoms with E-state index in [-0.39, 0.29) is 5.91 Å². The van der Waals surface area contributed by atoms with Gasteiger partial charge in [-0.25, -0.2) is 4.98 Å². The van der Waals surface area contributed by atoms with Gasteiger partial charge in [0.05, 0.1) is 12.2 Å². The van der Waals surface area contributed by atoms with E-state index in [0.29, 0.717) is 10.6 Å². The largest absolute Gasteiger partial charge is 0.336 e. The lowest BCUT2D eigenvalue weighted by Gasteiger charge is -2.34. The van der Waals surface area contributed by atoms with Crippen LogP contribution in [0, 0.1) is 0 Å². The first-order chi connectivity index (χ1) is 11.7. The average molecular weight is 362 g/mol. The van der Waals surface area contributed by atoms with Gasteiger partial charge < -0.3 is 4.90 Å². The molecule has 1 saturated heterocycles. The molecule has 1 amide bonds. The fourth-order valence-corrected chi connectivity index (χ4v) is 4.71. The molecular weight excluding hydrogens is 342 g/mol. The summed E-state index contributed by atoms with van der Waals surface area (Å²) in [4.78, 5) is 23.1. The molecule has 0 atom stereocenters. The van der Waals surface area contributed by atoms with Crippen molar-refractivity contribution in [3.05, 3.63) is 50.4 Å². The van der Waals surface area contributed by atoms with Crippen LogP contribution in [0.2, 0.25) is 5.02 Å². The van der Waals surface area contributed by atoms with Crippen molar-refractivity contribution in [2.24, 2.45) is 0 Å². The van der Waals surface area contributed by atoms with E-state index >= 15 is 0 Å². The van der Waals surface area contributed by atoms with Gasteiger partial charge in [-0.1, -0.05) is 11.6 Å². The minimum absolute atomic E-state index is 0.0968. The number of aromatic nitrogens is 1. The van der Waals surface area contributed by atoms with E-state index < -0.39 is 0 Å². The third-order valence-corrected chi connectivity index (χ3v) is 6.14. The summed E-state index contributed by atoms with van der Waals surface area (Å²) in [6, 6.07) is 7.14. The van der Waals surface area contributed by atoms with Crippen molar-refractivity contribution in [3.8, 4) is 0 Å². The number of hydrogen-bond donors (Lipinski definition) is 0. The summed E-state index contributed by atoms with van der Waals surface area (Å²) in [5, 5.41) is 1.89. The molecule has 24 heavy (non-hydrogen) atoms. The molecule has 0 bridgehead atoms. The zero-order chi connectivity index (χ0) is 16.5. The Hall–Kier alpha value is -1.43. The maximum atomic E-state index is 12.5. The van der Waals surface area contributed by atoms with Crippen molar-refractivity contribution in [1.82, 2.24) is 14.8 Å². The van der Waals surface area contributed by atoms with Gasteiger partial charge in [0.15, 0.2) is 0 Å². The van der Waals surface area contributed by atoms with Gasteiger partial charge in [0, 0.05) is 41.6 Å². The molecule has 4 nitrogen and oxygen atoms in total. The molecule has 2 aromatic rings. The van der Waals surface area contributed by atoms with Gasteiger partial charge in [0.1, 0.15) is 5.01 Å². The van der Waals surface area contributed by atoms with Crippen LogP contribution in [0.15, 0.2) is 24.3 Å². The topological polar surface area (TPSA) is 36.4 Å². The Labute approximate surface area is 151 Å². The summed E-state index contributed by atoms with van der Waals surface area (Å²) in [6.07, 6.45) is 3.62. The van der Waals surface area contributed by atoms with Crippen LogP contribution >= 0.6 is 22.9 Å². The summed E-state index contributed by atoms with van der Waals surface area (Å²) >= 11 is 7.76. The maximum Gasteiger partial charge on any atom is 0.253 e. The highest BCUT2D eigenvalue weighted by atomic mass is 35.5. The standard InChI is InChI=1S/C18H20ClN3OS/c19-14-6-4-13(5-7-14)18(23)22-10-8-21(9-11-22)12-17-20-15-2-1-3-16(15)24-17/h4-7H,1-3,8-12H2. The smallest absolute Gasteiger partial charge is 0.253 e. The minimum atomic E-state index is 0.0968. The van der Waals surface area contributed by atoms with E-state index in [4.69, 9.17) is 16.6 Å². The minimum Gasteiger partial charge on any atom is -0.336 e. The molecule has 0 unspecified atom stereocenters. The molecule has 0 N–H and O–H groups in total. The van der Waals surface area contributed by atoms with Gasteiger partial charge in [-0.15, -0.1) is 11.3 Å². The number of fused-ring (bicyclic) bond motifs is 1. The molecule has 126 valence electrons. The molecule has 0 radical (unpaired) electrons. The Morgan fingerprint density at radius 2 is 1.88 bits per heavy atom. The first-order valence-electron chi connectivity index (χ1n) is 8.44. The zero-order valence-electron chi connectivity index (χ0n) is 13.5. The van der Waals surface area contributed by atoms with Gasteiger partial charge >= 0.3 is 0 Å². The zero-order valence-corrected chi connectivity index (χ0v) is 15.1. The number of hydrogen-bond acceptors (Lipinski definition) is 4. The van der Waals surface area contributed by atoms with Crippen molar-refractivity contribution in [1.29, 1.82) is 0 Å². The number of aryl methyl sites for hydroxylation is 2. The van der Waals surface area contributed by atoms with Crippen LogP contribution in [0.25, 0.3) is 0 Å². The van der Waals surface area contributed by atoms with E-state index in [1.165, 1.54) is 28.4 Å². The van der Waals surface area contributed by atoms with E-state index in [9.17, 15) is 4.79 Å². The number of thiazole rings is 1. The second-order valence-corrected chi connectivity index (χ2v) is 8.01. The number of benzene rings is 1. The summed E-state index contributed by atoms with van der Waals surface area (Å²) in [6.45, 7) is 4.27. The van der Waals surface area contributed by atoms with Crippen molar-refractivity contribution in [2.45, 2.75) is 25.8 Å². The lowest BCUT2D eigenvalue weighted by atomic mass is 10.2. The van der Waals surface area contributed by atoms with Gasteiger partial charge in [0.2, 0.25) is 0 Å². The number of carbonyl (C=O) groups excluding carboxylic acids is 1. The van der Waals surface area contributed by atoms with Crippen LogP contribution in [-0.4, -0.2) is 46.9 Å². The molecule has 1 aromatic heterocycles. The van der Waals surface area contributed by atoms with Crippen LogP contribution < -0.4 is 0 Å². The second kappa shape index (κ2) is 6.82. The third kappa shape index (κ3) is 3.34. The molecule has 2 heterocycles. The summed E-state index contributed by atoms with van der Waals surface area (Å²) in [7, 11) is 0. The highest BCUT2D eigenvalue weighted by molar-refractivity contribution is 7.11. The quantitative estimate of drug-likeness (QED) is 0.842. The molecule has 1 aliphatic carbocycles. The number of nitrogens with zero attached hydrogens (tertiary/aromatic N) is 3. The Morgan fingerprint density at radius 3 is 2.58 bits per heavy atom. The monoisotopic (exact) mass is 361 g/mol. The molecule has 1 aliphatic heterocycles. The van der Waals surface area contributed by atoms with Crippen LogP contribution in [0.3, 0.4) is 0 Å². The van der Waals surface area contributed by atoms with Crippen molar-refractivity contribution in [2.75, 3.05) is 26.2 Å². The van der Waals surface area contributed by atoms with Crippen molar-refractivity contribution >= 4 is 28.8 Å². The fraction of sp³-hybridized carbons (Fsp3) is 0.444. The van der Waals surface area contributed by atoms with E-state index in [1.807, 2.05) is 16.2 Å². The maximum absolute atomic E-state index is 12.5. The number of piperazine rings is 1. The molecule has 4 rings (SSSR count). The average Bonchev–Trinajstić information content (AvgIpc) is 3.17. The lowest BCUT2D eigenvalue weighted by Crippen LogP contribution is -2.48. The van der Waals surface area contributed by atoms with E-state index in [2.05, 4.69) is 4.90 Å². The van der Waals surface area contributed by atoms with E-state index in [1.54, 1.807) is 24.3 Å². The Kier molecular flexibility index (Phi) is 4.57. The number of carbonyl (C=O) groups is 1.